The molecule has 0 radical (unpaired) electrons. The first-order chi connectivity index (χ1) is 7.13. The number of hydrogen-bond acceptors (Lipinski definition) is 2. The standard InChI is InChI=1S/C11H14BrN3/c1-7-5-9(12)6-15-10(3-4-13)8(2)14-11(7)15/h5-6H,3-4,13H2,1-2H3. The van der Waals surface area contributed by atoms with Gasteiger partial charge < -0.3 is 10.1 Å². The molecule has 0 atom stereocenters. The summed E-state index contributed by atoms with van der Waals surface area (Å²) < 4.78 is 3.20. The van der Waals surface area contributed by atoms with Gasteiger partial charge in [-0.1, -0.05) is 0 Å². The molecular formula is C11H14BrN3. The van der Waals surface area contributed by atoms with Crippen molar-refractivity contribution in [1.29, 1.82) is 0 Å². The Morgan fingerprint density at radius 2 is 2.20 bits per heavy atom. The minimum atomic E-state index is 0.653. The van der Waals surface area contributed by atoms with Crippen molar-refractivity contribution in [2.24, 2.45) is 5.73 Å². The number of halogens is 1. The highest BCUT2D eigenvalue weighted by atomic mass is 79.9. The molecule has 2 aromatic heterocycles. The van der Waals surface area contributed by atoms with Crippen molar-refractivity contribution >= 4 is 21.6 Å². The van der Waals surface area contributed by atoms with E-state index in [1.807, 2.05) is 13.1 Å². The molecule has 0 spiro atoms. The topological polar surface area (TPSA) is 43.3 Å². The third-order valence-corrected chi connectivity index (χ3v) is 2.98. The van der Waals surface area contributed by atoms with E-state index in [9.17, 15) is 0 Å². The molecular weight excluding hydrogens is 254 g/mol. The quantitative estimate of drug-likeness (QED) is 0.907. The third kappa shape index (κ3) is 1.79. The van der Waals surface area contributed by atoms with E-state index in [-0.39, 0.29) is 0 Å². The summed E-state index contributed by atoms with van der Waals surface area (Å²) in [4.78, 5) is 4.56. The smallest absolute Gasteiger partial charge is 0.140 e. The number of rotatable bonds is 2. The lowest BCUT2D eigenvalue weighted by molar-refractivity contribution is 0.891. The molecule has 0 amide bonds. The summed E-state index contributed by atoms with van der Waals surface area (Å²) in [7, 11) is 0. The molecule has 0 unspecified atom stereocenters. The first-order valence-corrected chi connectivity index (χ1v) is 5.76. The normalized spacial score (nSPS) is 11.2. The van der Waals surface area contributed by atoms with Gasteiger partial charge in [-0.3, -0.25) is 0 Å². The van der Waals surface area contributed by atoms with Crippen LogP contribution in [0, 0.1) is 13.8 Å². The van der Waals surface area contributed by atoms with Crippen LogP contribution in [0.3, 0.4) is 0 Å². The molecule has 80 valence electrons. The SMILES string of the molecule is Cc1nc2c(C)cc(Br)cn2c1CCN. The Kier molecular flexibility index (Phi) is 2.80. The number of nitrogens with two attached hydrogens (primary N) is 1. The van der Waals surface area contributed by atoms with Crippen molar-refractivity contribution in [2.75, 3.05) is 6.54 Å². The fraction of sp³-hybridized carbons (Fsp3) is 0.364. The lowest BCUT2D eigenvalue weighted by Gasteiger charge is -2.03. The number of fused-ring (bicyclic) bond motifs is 1. The first kappa shape index (κ1) is 10.6. The molecule has 0 saturated carbocycles. The van der Waals surface area contributed by atoms with Crippen molar-refractivity contribution in [3.05, 3.63) is 33.7 Å². The van der Waals surface area contributed by atoms with Crippen molar-refractivity contribution in [1.82, 2.24) is 9.38 Å². The van der Waals surface area contributed by atoms with E-state index in [1.165, 1.54) is 11.3 Å². The summed E-state index contributed by atoms with van der Waals surface area (Å²) in [6.07, 6.45) is 2.91. The molecule has 0 aliphatic rings. The number of aryl methyl sites for hydroxylation is 2. The maximum absolute atomic E-state index is 5.60. The van der Waals surface area contributed by atoms with Crippen LogP contribution >= 0.6 is 15.9 Å². The molecule has 3 nitrogen and oxygen atoms in total. The van der Waals surface area contributed by atoms with E-state index in [0.29, 0.717) is 6.54 Å². The zero-order valence-electron chi connectivity index (χ0n) is 8.92. The maximum atomic E-state index is 5.60. The van der Waals surface area contributed by atoms with Gasteiger partial charge in [0.2, 0.25) is 0 Å². The molecule has 0 fully saturated rings. The molecule has 2 aromatic rings. The second kappa shape index (κ2) is 3.94. The van der Waals surface area contributed by atoms with E-state index in [4.69, 9.17) is 5.73 Å². The van der Waals surface area contributed by atoms with Gasteiger partial charge in [-0.15, -0.1) is 0 Å². The van der Waals surface area contributed by atoms with Crippen LogP contribution in [0.15, 0.2) is 16.7 Å². The fourth-order valence-electron chi connectivity index (χ4n) is 1.87. The van der Waals surface area contributed by atoms with Gasteiger partial charge in [-0.2, -0.15) is 0 Å². The van der Waals surface area contributed by atoms with Gasteiger partial charge in [0.05, 0.1) is 5.69 Å². The predicted molar refractivity (Wildman–Crippen MR) is 65.1 cm³/mol. The van der Waals surface area contributed by atoms with Crippen LogP contribution in [0.5, 0.6) is 0 Å². The number of hydrogen-bond donors (Lipinski definition) is 1. The molecule has 15 heavy (non-hydrogen) atoms. The predicted octanol–water partition coefficient (Wildman–Crippen LogP) is 2.21. The van der Waals surface area contributed by atoms with Gasteiger partial charge in [-0.05, 0) is 48.0 Å². The number of imidazole rings is 1. The third-order valence-electron chi connectivity index (χ3n) is 2.55. The lowest BCUT2D eigenvalue weighted by atomic mass is 10.2. The number of nitrogens with zero attached hydrogens (tertiary/aromatic N) is 2. The minimum Gasteiger partial charge on any atom is -0.330 e. The van der Waals surface area contributed by atoms with Gasteiger partial charge in [0.1, 0.15) is 5.65 Å². The Morgan fingerprint density at radius 3 is 2.87 bits per heavy atom. The first-order valence-electron chi connectivity index (χ1n) is 4.97. The van der Waals surface area contributed by atoms with Gasteiger partial charge in [0, 0.05) is 22.8 Å². The van der Waals surface area contributed by atoms with Crippen LogP contribution in [0.25, 0.3) is 5.65 Å². The lowest BCUT2D eigenvalue weighted by Crippen LogP contribution is -2.06. The van der Waals surface area contributed by atoms with Crippen molar-refractivity contribution in [3.8, 4) is 0 Å². The summed E-state index contributed by atoms with van der Waals surface area (Å²) in [6, 6.07) is 2.08. The Morgan fingerprint density at radius 1 is 1.47 bits per heavy atom. The van der Waals surface area contributed by atoms with E-state index in [1.54, 1.807) is 0 Å². The summed E-state index contributed by atoms with van der Waals surface area (Å²) in [5.74, 6) is 0. The second-order valence-electron chi connectivity index (χ2n) is 3.72. The molecule has 2 heterocycles. The zero-order valence-corrected chi connectivity index (χ0v) is 10.5. The Balaban J connectivity index is 2.74. The van der Waals surface area contributed by atoms with Crippen molar-refractivity contribution in [2.45, 2.75) is 20.3 Å². The van der Waals surface area contributed by atoms with Crippen LogP contribution in [0.4, 0.5) is 0 Å². The van der Waals surface area contributed by atoms with Crippen LogP contribution in [0.2, 0.25) is 0 Å². The second-order valence-corrected chi connectivity index (χ2v) is 4.63. The molecule has 2 rings (SSSR count). The molecule has 2 N–H and O–H groups in total. The van der Waals surface area contributed by atoms with E-state index >= 15 is 0 Å². The molecule has 4 heteroatoms. The monoisotopic (exact) mass is 267 g/mol. The highest BCUT2D eigenvalue weighted by Crippen LogP contribution is 2.20. The summed E-state index contributed by atoms with van der Waals surface area (Å²) in [6.45, 7) is 4.75. The summed E-state index contributed by atoms with van der Waals surface area (Å²) in [5.41, 5.74) is 10.1. The van der Waals surface area contributed by atoms with Crippen LogP contribution in [-0.4, -0.2) is 15.9 Å². The van der Waals surface area contributed by atoms with Gasteiger partial charge in [0.15, 0.2) is 0 Å². The number of pyridine rings is 1. The highest BCUT2D eigenvalue weighted by molar-refractivity contribution is 9.10. The summed E-state index contributed by atoms with van der Waals surface area (Å²) >= 11 is 3.50. The van der Waals surface area contributed by atoms with Crippen LogP contribution < -0.4 is 5.73 Å². The number of aromatic nitrogens is 2. The van der Waals surface area contributed by atoms with Crippen LogP contribution in [-0.2, 0) is 6.42 Å². The van der Waals surface area contributed by atoms with Crippen molar-refractivity contribution in [3.63, 3.8) is 0 Å². The van der Waals surface area contributed by atoms with Crippen molar-refractivity contribution < 1.29 is 0 Å². The fourth-order valence-corrected chi connectivity index (χ4v) is 2.41. The molecule has 0 bridgehead atoms. The van der Waals surface area contributed by atoms with Gasteiger partial charge in [0.25, 0.3) is 0 Å². The van der Waals surface area contributed by atoms with E-state index in [0.717, 1.165) is 22.2 Å². The zero-order chi connectivity index (χ0) is 11.0. The molecule has 0 saturated heterocycles. The Bertz CT molecular complexity index is 502. The maximum Gasteiger partial charge on any atom is 0.140 e. The van der Waals surface area contributed by atoms with Gasteiger partial charge >= 0.3 is 0 Å². The van der Waals surface area contributed by atoms with E-state index < -0.39 is 0 Å². The van der Waals surface area contributed by atoms with E-state index in [2.05, 4.69) is 38.3 Å². The minimum absolute atomic E-state index is 0.653. The average Bonchev–Trinajstić information content (AvgIpc) is 2.46. The van der Waals surface area contributed by atoms with Gasteiger partial charge in [-0.25, -0.2) is 4.98 Å². The Labute approximate surface area is 97.4 Å². The molecule has 0 aliphatic carbocycles. The highest BCUT2D eigenvalue weighted by Gasteiger charge is 2.09. The largest absolute Gasteiger partial charge is 0.330 e. The van der Waals surface area contributed by atoms with Crippen LogP contribution in [0.1, 0.15) is 17.0 Å². The molecule has 0 aliphatic heterocycles. The average molecular weight is 268 g/mol. The Hall–Kier alpha value is -0.870. The summed E-state index contributed by atoms with van der Waals surface area (Å²) in [5, 5.41) is 0. The molecule has 0 aromatic carbocycles.